The Labute approximate surface area is 154 Å². The van der Waals surface area contributed by atoms with Gasteiger partial charge < -0.3 is 4.90 Å². The molecule has 0 saturated carbocycles. The number of nitrogens with zero attached hydrogens (tertiary/aromatic N) is 2. The van der Waals surface area contributed by atoms with Crippen LogP contribution in [0.3, 0.4) is 0 Å². The summed E-state index contributed by atoms with van der Waals surface area (Å²) in [5.41, 5.74) is 0.829. The monoisotopic (exact) mass is 394 g/mol. The van der Waals surface area contributed by atoms with Crippen LogP contribution in [-0.2, 0) is 15.6 Å². The molecule has 1 fully saturated rings. The number of sulfone groups is 1. The van der Waals surface area contributed by atoms with Crippen LogP contribution in [0.1, 0.15) is 5.56 Å². The van der Waals surface area contributed by atoms with Gasteiger partial charge in [0.05, 0.1) is 29.3 Å². The predicted molar refractivity (Wildman–Crippen MR) is 100 cm³/mol. The Kier molecular flexibility index (Phi) is 4.48. The summed E-state index contributed by atoms with van der Waals surface area (Å²) in [5.74, 6) is -0.496. The molecule has 136 valence electrons. The SMILES string of the molecule is O=S1(=O)CC2N=C(SCc3ccccc3F)N(c3ccccc3F)C2C1. The van der Waals surface area contributed by atoms with Gasteiger partial charge in [0.25, 0.3) is 0 Å². The molecule has 0 bridgehead atoms. The first-order valence-electron chi connectivity index (χ1n) is 8.13. The van der Waals surface area contributed by atoms with Crippen molar-refractivity contribution in [3.8, 4) is 0 Å². The minimum atomic E-state index is -3.20. The van der Waals surface area contributed by atoms with Gasteiger partial charge in [-0.3, -0.25) is 4.99 Å². The van der Waals surface area contributed by atoms with Crippen LogP contribution in [0.15, 0.2) is 53.5 Å². The van der Waals surface area contributed by atoms with E-state index in [0.29, 0.717) is 22.2 Å². The van der Waals surface area contributed by atoms with E-state index in [4.69, 9.17) is 0 Å². The maximum absolute atomic E-state index is 14.4. The fraction of sp³-hybridized carbons (Fsp3) is 0.278. The van der Waals surface area contributed by atoms with Gasteiger partial charge in [-0.15, -0.1) is 0 Å². The van der Waals surface area contributed by atoms with E-state index >= 15 is 0 Å². The zero-order valence-corrected chi connectivity index (χ0v) is 15.3. The van der Waals surface area contributed by atoms with Gasteiger partial charge in [0.2, 0.25) is 0 Å². The Morgan fingerprint density at radius 1 is 1.04 bits per heavy atom. The highest BCUT2D eigenvalue weighted by Gasteiger charge is 2.47. The Morgan fingerprint density at radius 2 is 1.73 bits per heavy atom. The second-order valence-electron chi connectivity index (χ2n) is 6.32. The van der Waals surface area contributed by atoms with E-state index in [1.54, 1.807) is 41.3 Å². The van der Waals surface area contributed by atoms with Crippen LogP contribution >= 0.6 is 11.8 Å². The topological polar surface area (TPSA) is 49.7 Å². The summed E-state index contributed by atoms with van der Waals surface area (Å²) in [6.45, 7) is 0. The third-order valence-electron chi connectivity index (χ3n) is 4.53. The van der Waals surface area contributed by atoms with Crippen LogP contribution in [-0.4, -0.2) is 37.2 Å². The number of amidine groups is 1. The van der Waals surface area contributed by atoms with E-state index in [2.05, 4.69) is 4.99 Å². The van der Waals surface area contributed by atoms with E-state index in [1.165, 1.54) is 23.9 Å². The van der Waals surface area contributed by atoms with Gasteiger partial charge in [-0.25, -0.2) is 17.2 Å². The number of hydrogen-bond donors (Lipinski definition) is 0. The number of fused-ring (bicyclic) bond motifs is 1. The molecule has 2 aromatic rings. The molecule has 2 heterocycles. The first-order valence-corrected chi connectivity index (χ1v) is 10.9. The van der Waals surface area contributed by atoms with Gasteiger partial charge >= 0.3 is 0 Å². The highest BCUT2D eigenvalue weighted by atomic mass is 32.2. The molecular formula is C18H16F2N2O2S2. The minimum absolute atomic E-state index is 0.0353. The molecule has 0 aromatic heterocycles. The second kappa shape index (κ2) is 6.66. The molecule has 1 saturated heterocycles. The number of hydrogen-bond acceptors (Lipinski definition) is 5. The van der Waals surface area contributed by atoms with Crippen LogP contribution in [0.5, 0.6) is 0 Å². The number of aliphatic imine (C=N–C) groups is 1. The molecule has 26 heavy (non-hydrogen) atoms. The maximum Gasteiger partial charge on any atom is 0.164 e. The summed E-state index contributed by atoms with van der Waals surface area (Å²) >= 11 is 1.29. The molecule has 2 aliphatic rings. The Hall–Kier alpha value is -1.93. The van der Waals surface area contributed by atoms with Crippen molar-refractivity contribution in [3.05, 3.63) is 65.7 Å². The first kappa shape index (κ1) is 17.5. The van der Waals surface area contributed by atoms with E-state index in [-0.39, 0.29) is 17.3 Å². The summed E-state index contributed by atoms with van der Waals surface area (Å²) in [6, 6.07) is 11.9. The lowest BCUT2D eigenvalue weighted by Gasteiger charge is -2.26. The van der Waals surface area contributed by atoms with Gasteiger partial charge in [-0.05, 0) is 23.8 Å². The van der Waals surface area contributed by atoms with Crippen molar-refractivity contribution >= 4 is 32.5 Å². The molecule has 2 unspecified atom stereocenters. The summed E-state index contributed by atoms with van der Waals surface area (Å²) in [7, 11) is -3.20. The van der Waals surface area contributed by atoms with E-state index < -0.39 is 27.7 Å². The Balaban J connectivity index is 1.65. The quantitative estimate of drug-likeness (QED) is 0.802. The highest BCUT2D eigenvalue weighted by Crippen LogP contribution is 2.37. The first-order chi connectivity index (χ1) is 12.4. The van der Waals surface area contributed by atoms with Gasteiger partial charge in [0.15, 0.2) is 15.0 Å². The zero-order valence-electron chi connectivity index (χ0n) is 13.7. The minimum Gasteiger partial charge on any atom is -0.312 e. The lowest BCUT2D eigenvalue weighted by atomic mass is 10.1. The number of halogens is 2. The van der Waals surface area contributed by atoms with Gasteiger partial charge in [-0.1, -0.05) is 42.1 Å². The molecule has 8 heteroatoms. The molecule has 0 aliphatic carbocycles. The normalized spacial score (nSPS) is 23.8. The van der Waals surface area contributed by atoms with Crippen LogP contribution < -0.4 is 4.90 Å². The van der Waals surface area contributed by atoms with Crippen LogP contribution in [0.2, 0.25) is 0 Å². The number of anilines is 1. The Morgan fingerprint density at radius 3 is 2.46 bits per heavy atom. The number of thioether (sulfide) groups is 1. The van der Waals surface area contributed by atoms with Crippen molar-refractivity contribution in [1.82, 2.24) is 0 Å². The Bertz CT molecular complexity index is 979. The molecule has 0 radical (unpaired) electrons. The van der Waals surface area contributed by atoms with Crippen molar-refractivity contribution in [2.24, 2.45) is 4.99 Å². The third kappa shape index (κ3) is 3.23. The van der Waals surface area contributed by atoms with E-state index in [1.807, 2.05) is 0 Å². The summed E-state index contributed by atoms with van der Waals surface area (Å²) in [5, 5.41) is 0.531. The van der Waals surface area contributed by atoms with Gasteiger partial charge in [-0.2, -0.15) is 0 Å². The average molecular weight is 394 g/mol. The standard InChI is InChI=1S/C18H16F2N2O2S2/c19-13-6-2-1-5-12(13)9-25-18-21-15-10-26(23,24)11-17(15)22(18)16-8-4-3-7-14(16)20/h1-8,15,17H,9-11H2. The third-order valence-corrected chi connectivity index (χ3v) is 7.25. The fourth-order valence-electron chi connectivity index (χ4n) is 3.32. The molecular weight excluding hydrogens is 378 g/mol. The lowest BCUT2D eigenvalue weighted by Crippen LogP contribution is -2.39. The maximum atomic E-state index is 14.4. The zero-order chi connectivity index (χ0) is 18.3. The number of rotatable bonds is 3. The molecule has 0 N–H and O–H groups in total. The number of para-hydroxylation sites is 1. The van der Waals surface area contributed by atoms with Gasteiger partial charge in [0.1, 0.15) is 11.6 Å². The molecule has 2 atom stereocenters. The molecule has 4 nitrogen and oxygen atoms in total. The van der Waals surface area contributed by atoms with E-state index in [0.717, 1.165) is 0 Å². The number of benzene rings is 2. The van der Waals surface area contributed by atoms with E-state index in [9.17, 15) is 17.2 Å². The van der Waals surface area contributed by atoms with Crippen molar-refractivity contribution in [1.29, 1.82) is 0 Å². The molecule has 2 aromatic carbocycles. The summed E-state index contributed by atoms with van der Waals surface area (Å²) in [4.78, 5) is 6.19. The molecule has 0 amide bonds. The largest absolute Gasteiger partial charge is 0.312 e. The van der Waals surface area contributed by atoms with Crippen molar-refractivity contribution in [2.45, 2.75) is 17.8 Å². The summed E-state index contributed by atoms with van der Waals surface area (Å²) in [6.07, 6.45) is 0. The van der Waals surface area contributed by atoms with Crippen molar-refractivity contribution in [2.75, 3.05) is 16.4 Å². The molecule has 0 spiro atoms. The van der Waals surface area contributed by atoms with Crippen LogP contribution in [0.4, 0.5) is 14.5 Å². The molecule has 2 aliphatic heterocycles. The lowest BCUT2D eigenvalue weighted by molar-refractivity contribution is 0.600. The predicted octanol–water partition coefficient (Wildman–Crippen LogP) is 3.24. The van der Waals surface area contributed by atoms with Crippen LogP contribution in [0.25, 0.3) is 0 Å². The second-order valence-corrected chi connectivity index (χ2v) is 9.42. The fourth-order valence-corrected chi connectivity index (χ4v) is 6.27. The average Bonchev–Trinajstić information content (AvgIpc) is 3.06. The smallest absolute Gasteiger partial charge is 0.164 e. The van der Waals surface area contributed by atoms with Gasteiger partial charge in [0, 0.05) is 5.75 Å². The molecule has 4 rings (SSSR count). The summed E-state index contributed by atoms with van der Waals surface area (Å²) < 4.78 is 52.2. The van der Waals surface area contributed by atoms with Crippen LogP contribution in [0, 0.1) is 11.6 Å². The van der Waals surface area contributed by atoms with Crippen molar-refractivity contribution < 1.29 is 17.2 Å². The van der Waals surface area contributed by atoms with Crippen molar-refractivity contribution in [3.63, 3.8) is 0 Å². The highest BCUT2D eigenvalue weighted by molar-refractivity contribution is 8.13.